The molecule has 0 heterocycles. The number of rotatable bonds is 1. The van der Waals surface area contributed by atoms with E-state index in [1.54, 1.807) is 6.08 Å². The number of benzene rings is 1. The molecule has 15 heavy (non-hydrogen) atoms. The van der Waals surface area contributed by atoms with Crippen molar-refractivity contribution in [3.63, 3.8) is 0 Å². The summed E-state index contributed by atoms with van der Waals surface area (Å²) in [6, 6.07) is 7.47. The molecule has 0 fully saturated rings. The third-order valence-corrected chi connectivity index (χ3v) is 2.97. The Bertz CT molecular complexity index is 474. The van der Waals surface area contributed by atoms with E-state index in [2.05, 4.69) is 0 Å². The van der Waals surface area contributed by atoms with Gasteiger partial charge in [0.1, 0.15) is 11.5 Å². The lowest BCUT2D eigenvalue weighted by Gasteiger charge is -2.21. The van der Waals surface area contributed by atoms with Crippen LogP contribution >= 0.6 is 12.2 Å². The highest BCUT2D eigenvalue weighted by atomic mass is 32.1. The third kappa shape index (κ3) is 1.59. The molecule has 0 bridgehead atoms. The summed E-state index contributed by atoms with van der Waals surface area (Å²) in [5, 5.41) is 9.61. The van der Waals surface area contributed by atoms with Gasteiger partial charge in [0.25, 0.3) is 0 Å². The van der Waals surface area contributed by atoms with Crippen LogP contribution in [0.25, 0.3) is 6.08 Å². The molecule has 1 N–H and O–H groups in total. The van der Waals surface area contributed by atoms with E-state index in [0.29, 0.717) is 4.86 Å². The molecule has 0 aromatic heterocycles. The van der Waals surface area contributed by atoms with E-state index in [4.69, 9.17) is 12.2 Å². The van der Waals surface area contributed by atoms with E-state index >= 15 is 0 Å². The van der Waals surface area contributed by atoms with Crippen LogP contribution in [0.3, 0.4) is 0 Å². The second kappa shape index (κ2) is 3.59. The summed E-state index contributed by atoms with van der Waals surface area (Å²) in [5.41, 5.74) is 1.75. The van der Waals surface area contributed by atoms with Crippen LogP contribution in [0.2, 0.25) is 0 Å². The minimum Gasteiger partial charge on any atom is -0.507 e. The minimum atomic E-state index is -0.471. The Morgan fingerprint density at radius 3 is 2.73 bits per heavy atom. The second-order valence-electron chi connectivity index (χ2n) is 3.57. The summed E-state index contributed by atoms with van der Waals surface area (Å²) >= 11 is 5.06. The molecule has 0 radical (unpaired) electrons. The van der Waals surface area contributed by atoms with Gasteiger partial charge in [0, 0.05) is 0 Å². The molecule has 0 amide bonds. The molecule has 1 aliphatic carbocycles. The van der Waals surface area contributed by atoms with Crippen molar-refractivity contribution in [2.75, 3.05) is 0 Å². The molecular formula is C12H10O2S. The number of carbonyl (C=O) groups is 1. The summed E-state index contributed by atoms with van der Waals surface area (Å²) < 4.78 is 0. The van der Waals surface area contributed by atoms with Gasteiger partial charge in [-0.3, -0.25) is 4.79 Å². The van der Waals surface area contributed by atoms with Crippen LogP contribution in [0.15, 0.2) is 30.0 Å². The summed E-state index contributed by atoms with van der Waals surface area (Å²) in [6.45, 7) is 1.49. The second-order valence-corrected chi connectivity index (χ2v) is 4.01. The molecule has 1 unspecified atom stereocenters. The monoisotopic (exact) mass is 218 g/mol. The quantitative estimate of drug-likeness (QED) is 0.736. The first-order chi connectivity index (χ1) is 7.11. The fourth-order valence-electron chi connectivity index (χ4n) is 1.82. The van der Waals surface area contributed by atoms with Crippen LogP contribution < -0.4 is 0 Å². The van der Waals surface area contributed by atoms with Gasteiger partial charge in [-0.2, -0.15) is 0 Å². The van der Waals surface area contributed by atoms with Gasteiger partial charge in [0.05, 0.1) is 10.8 Å². The van der Waals surface area contributed by atoms with E-state index in [1.165, 1.54) is 6.92 Å². The molecule has 1 aromatic carbocycles. The van der Waals surface area contributed by atoms with E-state index in [9.17, 15) is 9.90 Å². The predicted molar refractivity (Wildman–Crippen MR) is 63.1 cm³/mol. The lowest BCUT2D eigenvalue weighted by Crippen LogP contribution is -2.23. The number of fused-ring (bicyclic) bond motifs is 1. The van der Waals surface area contributed by atoms with Crippen LogP contribution in [0.5, 0.6) is 0 Å². The van der Waals surface area contributed by atoms with E-state index < -0.39 is 5.92 Å². The fourth-order valence-corrected chi connectivity index (χ4v) is 2.17. The Morgan fingerprint density at radius 2 is 2.07 bits per heavy atom. The normalized spacial score (nSPS) is 19.4. The average Bonchev–Trinajstić information content (AvgIpc) is 2.19. The third-order valence-electron chi connectivity index (χ3n) is 2.52. The first-order valence-electron chi connectivity index (χ1n) is 4.65. The van der Waals surface area contributed by atoms with Crippen LogP contribution in [-0.2, 0) is 4.79 Å². The maximum Gasteiger partial charge on any atom is 0.142 e. The summed E-state index contributed by atoms with van der Waals surface area (Å²) in [5.74, 6) is -0.475. The zero-order chi connectivity index (χ0) is 11.0. The predicted octanol–water partition coefficient (Wildman–Crippen LogP) is 2.64. The fraction of sp³-hybridized carbons (Fsp3) is 0.167. The standard InChI is InChI=1S/C12H10O2S/c1-7(13)11-9-5-3-2-4-8(9)6-10(14)12(11)15/h2-6,11,14H,1H3. The summed E-state index contributed by atoms with van der Waals surface area (Å²) in [7, 11) is 0. The number of allylic oxidation sites excluding steroid dienone is 1. The van der Waals surface area contributed by atoms with Crippen LogP contribution in [0.1, 0.15) is 24.0 Å². The number of carbonyl (C=O) groups excluding carboxylic acids is 1. The van der Waals surface area contributed by atoms with E-state index in [0.717, 1.165) is 11.1 Å². The minimum absolute atomic E-state index is 0.0314. The van der Waals surface area contributed by atoms with Crippen molar-refractivity contribution in [3.8, 4) is 0 Å². The number of aliphatic hydroxyl groups excluding tert-OH is 1. The lowest BCUT2D eigenvalue weighted by atomic mass is 9.84. The molecule has 1 atom stereocenters. The van der Waals surface area contributed by atoms with Crippen molar-refractivity contribution in [2.45, 2.75) is 12.8 Å². The molecule has 1 aromatic rings. The Kier molecular flexibility index (Phi) is 2.40. The van der Waals surface area contributed by atoms with Crippen molar-refractivity contribution < 1.29 is 9.90 Å². The lowest BCUT2D eigenvalue weighted by molar-refractivity contribution is -0.117. The van der Waals surface area contributed by atoms with Gasteiger partial charge in [0.2, 0.25) is 0 Å². The zero-order valence-electron chi connectivity index (χ0n) is 8.23. The summed E-state index contributed by atoms with van der Waals surface area (Å²) in [6.07, 6.45) is 1.61. The number of hydrogen-bond acceptors (Lipinski definition) is 3. The number of hydrogen-bond donors (Lipinski definition) is 1. The zero-order valence-corrected chi connectivity index (χ0v) is 9.04. The summed E-state index contributed by atoms with van der Waals surface area (Å²) in [4.78, 5) is 11.8. The average molecular weight is 218 g/mol. The van der Waals surface area contributed by atoms with Gasteiger partial charge < -0.3 is 5.11 Å². The first-order valence-corrected chi connectivity index (χ1v) is 5.06. The van der Waals surface area contributed by atoms with Gasteiger partial charge >= 0.3 is 0 Å². The van der Waals surface area contributed by atoms with Crippen LogP contribution in [0, 0.1) is 0 Å². The van der Waals surface area contributed by atoms with Crippen LogP contribution in [0.4, 0.5) is 0 Å². The van der Waals surface area contributed by atoms with Gasteiger partial charge in [0.15, 0.2) is 0 Å². The Morgan fingerprint density at radius 1 is 1.40 bits per heavy atom. The highest BCUT2D eigenvalue weighted by Gasteiger charge is 2.29. The largest absolute Gasteiger partial charge is 0.507 e. The van der Waals surface area contributed by atoms with Gasteiger partial charge in [-0.1, -0.05) is 36.5 Å². The Hall–Kier alpha value is -1.48. The van der Waals surface area contributed by atoms with Gasteiger partial charge in [-0.25, -0.2) is 0 Å². The molecule has 2 nitrogen and oxygen atoms in total. The maximum absolute atomic E-state index is 11.5. The highest BCUT2D eigenvalue weighted by molar-refractivity contribution is 7.81. The first kappa shape index (κ1) is 10.1. The van der Waals surface area contributed by atoms with Crippen LogP contribution in [-0.4, -0.2) is 15.8 Å². The molecule has 0 aliphatic heterocycles. The van der Waals surface area contributed by atoms with Crippen molar-refractivity contribution in [1.29, 1.82) is 0 Å². The molecule has 0 saturated carbocycles. The van der Waals surface area contributed by atoms with Crippen molar-refractivity contribution in [2.24, 2.45) is 0 Å². The molecular weight excluding hydrogens is 208 g/mol. The van der Waals surface area contributed by atoms with E-state index in [-0.39, 0.29) is 11.5 Å². The molecule has 1 aliphatic rings. The SMILES string of the molecule is CC(=O)C1C(=S)C(O)=Cc2ccccc21. The van der Waals surface area contributed by atoms with Gasteiger partial charge in [-0.05, 0) is 24.1 Å². The molecule has 0 saturated heterocycles. The Balaban J connectivity index is 2.64. The van der Waals surface area contributed by atoms with Crippen molar-refractivity contribution in [1.82, 2.24) is 0 Å². The Labute approximate surface area is 93.2 Å². The maximum atomic E-state index is 11.5. The number of thiocarbonyl (C=S) groups is 1. The molecule has 2 rings (SSSR count). The number of Topliss-reactive ketones (excluding diaryl/α,β-unsaturated/α-hetero) is 1. The van der Waals surface area contributed by atoms with Crippen molar-refractivity contribution in [3.05, 3.63) is 41.2 Å². The van der Waals surface area contributed by atoms with Gasteiger partial charge in [-0.15, -0.1) is 0 Å². The highest BCUT2D eigenvalue weighted by Crippen LogP contribution is 2.31. The van der Waals surface area contributed by atoms with Crippen molar-refractivity contribution >= 4 is 28.9 Å². The molecule has 3 heteroatoms. The number of ketones is 1. The number of aliphatic hydroxyl groups is 1. The topological polar surface area (TPSA) is 37.3 Å². The van der Waals surface area contributed by atoms with E-state index in [1.807, 2.05) is 24.3 Å². The molecule has 76 valence electrons. The smallest absolute Gasteiger partial charge is 0.142 e. The molecule has 0 spiro atoms.